The normalized spacial score (nSPS) is 13.9. The Bertz CT molecular complexity index is 1550. The van der Waals surface area contributed by atoms with Gasteiger partial charge in [-0.1, -0.05) is 65.8 Å². The van der Waals surface area contributed by atoms with Gasteiger partial charge >= 0.3 is 0 Å². The first kappa shape index (κ1) is 22.9. The number of carbonyl (C=O) groups is 1. The summed E-state index contributed by atoms with van der Waals surface area (Å²) in [5.74, 6) is 2.04. The molecule has 37 heavy (non-hydrogen) atoms. The Balaban J connectivity index is 1.28. The zero-order valence-electron chi connectivity index (χ0n) is 20.8. The minimum absolute atomic E-state index is 0.0569. The second-order valence-corrected chi connectivity index (χ2v) is 9.24. The van der Waals surface area contributed by atoms with E-state index in [0.717, 1.165) is 29.1 Å². The van der Waals surface area contributed by atoms with Crippen molar-refractivity contribution in [2.75, 3.05) is 31.1 Å². The average Bonchev–Trinajstić information content (AvgIpc) is 3.56. The summed E-state index contributed by atoms with van der Waals surface area (Å²) in [6.07, 6.45) is 2.28. The van der Waals surface area contributed by atoms with Crippen molar-refractivity contribution >= 4 is 17.5 Å². The number of amides is 1. The van der Waals surface area contributed by atoms with Gasteiger partial charge in [0.2, 0.25) is 0 Å². The van der Waals surface area contributed by atoms with Crippen molar-refractivity contribution in [3.63, 3.8) is 0 Å². The predicted octanol–water partition coefficient (Wildman–Crippen LogP) is 3.95. The molecule has 0 spiro atoms. The summed E-state index contributed by atoms with van der Waals surface area (Å²) in [5, 5.41) is 8.68. The lowest BCUT2D eigenvalue weighted by Crippen LogP contribution is -2.49. The van der Waals surface area contributed by atoms with E-state index < -0.39 is 0 Å². The minimum atomic E-state index is -0.0569. The maximum atomic E-state index is 13.6. The van der Waals surface area contributed by atoms with E-state index in [1.165, 1.54) is 11.9 Å². The molecule has 6 rings (SSSR count). The smallest absolute Gasteiger partial charge is 0.259 e. The molecule has 0 radical (unpaired) electrons. The largest absolute Gasteiger partial charge is 0.360 e. The molecule has 3 aromatic heterocycles. The van der Waals surface area contributed by atoms with E-state index in [-0.39, 0.29) is 5.91 Å². The van der Waals surface area contributed by atoms with Crippen LogP contribution in [0.4, 0.5) is 5.82 Å². The number of hydrogen-bond acceptors (Lipinski definition) is 7. The van der Waals surface area contributed by atoms with E-state index in [0.29, 0.717) is 49.0 Å². The van der Waals surface area contributed by atoms with E-state index in [1.54, 1.807) is 6.92 Å². The molecule has 0 N–H and O–H groups in total. The maximum absolute atomic E-state index is 13.6. The van der Waals surface area contributed by atoms with Crippen molar-refractivity contribution in [1.29, 1.82) is 0 Å². The third-order valence-corrected chi connectivity index (χ3v) is 6.92. The van der Waals surface area contributed by atoms with Crippen LogP contribution in [0.1, 0.15) is 32.9 Å². The first-order valence-corrected chi connectivity index (χ1v) is 12.4. The fourth-order valence-electron chi connectivity index (χ4n) is 5.00. The summed E-state index contributed by atoms with van der Waals surface area (Å²) >= 11 is 0. The Morgan fingerprint density at radius 1 is 0.946 bits per heavy atom. The molecule has 0 atom stereocenters. The summed E-state index contributed by atoms with van der Waals surface area (Å²) in [6, 6.07) is 20.0. The number of aromatic nitrogens is 5. The van der Waals surface area contributed by atoms with E-state index in [1.807, 2.05) is 64.9 Å². The van der Waals surface area contributed by atoms with E-state index in [2.05, 4.69) is 32.3 Å². The molecule has 5 aromatic rings. The van der Waals surface area contributed by atoms with Crippen molar-refractivity contribution < 1.29 is 9.32 Å². The second-order valence-electron chi connectivity index (χ2n) is 9.24. The van der Waals surface area contributed by atoms with Gasteiger partial charge in [-0.05, 0) is 19.4 Å². The maximum Gasteiger partial charge on any atom is 0.259 e. The van der Waals surface area contributed by atoms with Gasteiger partial charge in [0.1, 0.15) is 29.2 Å². The number of rotatable bonds is 5. The lowest BCUT2D eigenvalue weighted by atomic mass is 10.0. The van der Waals surface area contributed by atoms with Crippen LogP contribution in [-0.4, -0.2) is 61.7 Å². The van der Waals surface area contributed by atoms with Gasteiger partial charge in [0.25, 0.3) is 11.7 Å². The number of fused-ring (bicyclic) bond motifs is 1. The highest BCUT2D eigenvalue weighted by Gasteiger charge is 2.30. The Labute approximate surface area is 214 Å². The number of aryl methyl sites for hydroxylation is 2. The Hall–Kier alpha value is -4.53. The third-order valence-electron chi connectivity index (χ3n) is 6.92. The molecule has 0 aliphatic carbocycles. The molecule has 2 aromatic carbocycles. The number of piperazine rings is 1. The molecule has 1 amide bonds. The van der Waals surface area contributed by atoms with E-state index in [4.69, 9.17) is 9.51 Å². The number of nitrogens with zero attached hydrogens (tertiary/aromatic N) is 7. The molecule has 9 heteroatoms. The zero-order valence-corrected chi connectivity index (χ0v) is 20.8. The molecule has 186 valence electrons. The number of carbonyl (C=O) groups excluding carboxylic acids is 1. The summed E-state index contributed by atoms with van der Waals surface area (Å²) in [6.45, 7) is 6.28. The van der Waals surface area contributed by atoms with Gasteiger partial charge in [0, 0.05) is 49.4 Å². The molecular weight excluding hydrogens is 466 g/mol. The first-order chi connectivity index (χ1) is 18.1. The van der Waals surface area contributed by atoms with Crippen LogP contribution in [0.15, 0.2) is 71.5 Å². The van der Waals surface area contributed by atoms with Gasteiger partial charge in [-0.25, -0.2) is 4.98 Å². The average molecular weight is 494 g/mol. The summed E-state index contributed by atoms with van der Waals surface area (Å²) < 4.78 is 7.26. The van der Waals surface area contributed by atoms with Crippen LogP contribution in [0.25, 0.3) is 17.0 Å². The third kappa shape index (κ3) is 4.22. The van der Waals surface area contributed by atoms with Crippen LogP contribution in [0.3, 0.4) is 0 Å². The summed E-state index contributed by atoms with van der Waals surface area (Å²) in [4.78, 5) is 26.8. The van der Waals surface area contributed by atoms with Crippen molar-refractivity contribution in [2.24, 2.45) is 0 Å². The standard InChI is InChI=1S/C28H27N7O2/c1-19-23(17-21-9-5-3-6-10-21)26(35-28(31-19)29-18-30-35)33-13-15-34(16-14-33)27(36)24-20(2)37-32-25(24)22-11-7-4-8-12-22/h3-12,18H,13-17H2,1-2H3. The summed E-state index contributed by atoms with van der Waals surface area (Å²) in [5.41, 5.74) is 5.24. The van der Waals surface area contributed by atoms with Gasteiger partial charge in [-0.15, -0.1) is 0 Å². The lowest BCUT2D eigenvalue weighted by molar-refractivity contribution is 0.0745. The van der Waals surface area contributed by atoms with Crippen LogP contribution < -0.4 is 4.90 Å². The van der Waals surface area contributed by atoms with Crippen LogP contribution in [-0.2, 0) is 6.42 Å². The molecule has 0 bridgehead atoms. The lowest BCUT2D eigenvalue weighted by Gasteiger charge is -2.37. The quantitative estimate of drug-likeness (QED) is 0.366. The van der Waals surface area contributed by atoms with Crippen LogP contribution in [0.2, 0.25) is 0 Å². The molecule has 1 fully saturated rings. The molecular formula is C28H27N7O2. The molecule has 1 aliphatic heterocycles. The highest BCUT2D eigenvalue weighted by Crippen LogP contribution is 2.29. The second kappa shape index (κ2) is 9.50. The first-order valence-electron chi connectivity index (χ1n) is 12.4. The minimum Gasteiger partial charge on any atom is -0.360 e. The number of hydrogen-bond donors (Lipinski definition) is 0. The van der Waals surface area contributed by atoms with E-state index in [9.17, 15) is 4.79 Å². The fourth-order valence-corrected chi connectivity index (χ4v) is 5.00. The predicted molar refractivity (Wildman–Crippen MR) is 140 cm³/mol. The van der Waals surface area contributed by atoms with Crippen LogP contribution >= 0.6 is 0 Å². The highest BCUT2D eigenvalue weighted by molar-refractivity contribution is 6.00. The SMILES string of the molecule is Cc1nc2ncnn2c(N2CCN(C(=O)c3c(-c4ccccc4)noc3C)CC2)c1Cc1ccccc1. The summed E-state index contributed by atoms with van der Waals surface area (Å²) in [7, 11) is 0. The topological polar surface area (TPSA) is 92.7 Å². The zero-order chi connectivity index (χ0) is 25.4. The molecule has 4 heterocycles. The molecule has 0 unspecified atom stereocenters. The van der Waals surface area contributed by atoms with Gasteiger partial charge in [0.05, 0.1) is 0 Å². The van der Waals surface area contributed by atoms with Gasteiger partial charge in [-0.3, -0.25) is 4.79 Å². The monoisotopic (exact) mass is 493 g/mol. The van der Waals surface area contributed by atoms with Crippen molar-refractivity contribution in [3.8, 4) is 11.3 Å². The number of benzene rings is 2. The molecule has 9 nitrogen and oxygen atoms in total. The molecule has 0 saturated carbocycles. The highest BCUT2D eigenvalue weighted by atomic mass is 16.5. The van der Waals surface area contributed by atoms with Crippen LogP contribution in [0, 0.1) is 13.8 Å². The fraction of sp³-hybridized carbons (Fsp3) is 0.250. The Morgan fingerprint density at radius 2 is 1.65 bits per heavy atom. The Kier molecular flexibility index (Phi) is 5.88. The van der Waals surface area contributed by atoms with Crippen molar-refractivity contribution in [3.05, 3.63) is 95.1 Å². The molecule has 1 aliphatic rings. The number of anilines is 1. The van der Waals surface area contributed by atoms with Gasteiger partial charge < -0.3 is 14.3 Å². The van der Waals surface area contributed by atoms with Crippen LogP contribution in [0.5, 0.6) is 0 Å². The van der Waals surface area contributed by atoms with Gasteiger partial charge in [-0.2, -0.15) is 14.6 Å². The van der Waals surface area contributed by atoms with Gasteiger partial charge in [0.15, 0.2) is 0 Å². The van der Waals surface area contributed by atoms with Crippen molar-refractivity contribution in [2.45, 2.75) is 20.3 Å². The molecule has 1 saturated heterocycles. The Morgan fingerprint density at radius 3 is 2.38 bits per heavy atom. The van der Waals surface area contributed by atoms with E-state index >= 15 is 0 Å². The van der Waals surface area contributed by atoms with Crippen molar-refractivity contribution in [1.82, 2.24) is 29.6 Å².